The van der Waals surface area contributed by atoms with E-state index < -0.39 is 5.91 Å². The standard InChI is InChI=1S/C25H28I2N10O3/c26-11-14-1-3-15(4-2-14)22-32-17(40-36-22)5-6-18(38)37-9-7-25(8-10-37)13-30-24(35-25)34-23(39)19-21(29)33-20(28)16(12-27)31-19/h1-4H,5-13H2,(H4,28,29,33)(H2,30,34,35,39). The minimum absolute atomic E-state index is 0.0270. The van der Waals surface area contributed by atoms with Crippen molar-refractivity contribution in [2.75, 3.05) is 31.1 Å². The van der Waals surface area contributed by atoms with Gasteiger partial charge in [0.1, 0.15) is 5.82 Å². The summed E-state index contributed by atoms with van der Waals surface area (Å²) in [7, 11) is 0. The number of amides is 2. The molecule has 0 saturated carbocycles. The molecule has 0 bridgehead atoms. The third-order valence-electron chi connectivity index (χ3n) is 7.01. The number of nitrogens with two attached hydrogens (primary N) is 2. The molecule has 1 spiro atoms. The highest BCUT2D eigenvalue weighted by molar-refractivity contribution is 14.1. The molecule has 2 aliphatic rings. The molecule has 0 atom stereocenters. The van der Waals surface area contributed by atoms with Crippen molar-refractivity contribution in [2.24, 2.45) is 4.99 Å². The lowest BCUT2D eigenvalue weighted by atomic mass is 9.88. The second kappa shape index (κ2) is 12.2. The highest BCUT2D eigenvalue weighted by atomic mass is 127. The van der Waals surface area contributed by atoms with E-state index in [1.807, 2.05) is 29.2 Å². The van der Waals surface area contributed by atoms with Crippen LogP contribution in [0.1, 0.15) is 46.9 Å². The van der Waals surface area contributed by atoms with Crippen LogP contribution in [0.2, 0.25) is 0 Å². The average molecular weight is 770 g/mol. The first kappa shape index (κ1) is 28.4. The molecule has 0 radical (unpaired) electrons. The lowest BCUT2D eigenvalue weighted by molar-refractivity contribution is -0.132. The van der Waals surface area contributed by atoms with E-state index in [9.17, 15) is 9.59 Å². The minimum Gasteiger partial charge on any atom is -0.382 e. The number of likely N-dealkylation sites (tertiary alicyclic amines) is 1. The van der Waals surface area contributed by atoms with Gasteiger partial charge >= 0.3 is 5.91 Å². The fourth-order valence-corrected chi connectivity index (χ4v) is 5.71. The molecule has 4 heterocycles. The molecule has 15 heteroatoms. The summed E-state index contributed by atoms with van der Waals surface area (Å²) in [5.41, 5.74) is 13.9. The van der Waals surface area contributed by atoms with Gasteiger partial charge in [0.15, 0.2) is 17.5 Å². The molecule has 2 amide bonds. The van der Waals surface area contributed by atoms with Crippen LogP contribution in [0, 0.1) is 0 Å². The largest absolute Gasteiger partial charge is 0.382 e. The normalized spacial score (nSPS) is 17.1. The highest BCUT2D eigenvalue weighted by Crippen LogP contribution is 2.26. The molecule has 2 aromatic heterocycles. The van der Waals surface area contributed by atoms with Crippen molar-refractivity contribution in [3.05, 3.63) is 47.1 Å². The van der Waals surface area contributed by atoms with Gasteiger partial charge in [-0.3, -0.25) is 9.59 Å². The lowest BCUT2D eigenvalue weighted by Crippen LogP contribution is -2.53. The predicted octanol–water partition coefficient (Wildman–Crippen LogP) is 2.24. The number of aryl methyl sites for hydroxylation is 1. The Kier molecular flexibility index (Phi) is 8.67. The first-order valence-electron chi connectivity index (χ1n) is 12.7. The zero-order valence-corrected chi connectivity index (χ0v) is 25.8. The van der Waals surface area contributed by atoms with E-state index in [-0.39, 0.29) is 28.8 Å². The van der Waals surface area contributed by atoms with Gasteiger partial charge in [0.05, 0.1) is 11.2 Å². The molecule has 1 aromatic carbocycles. The van der Waals surface area contributed by atoms with Gasteiger partial charge in [-0.15, -0.1) is 0 Å². The van der Waals surface area contributed by atoms with Gasteiger partial charge in [-0.25, -0.2) is 9.97 Å². The van der Waals surface area contributed by atoms with Crippen molar-refractivity contribution < 1.29 is 14.1 Å². The number of aromatic nitrogens is 4. The summed E-state index contributed by atoms with van der Waals surface area (Å²) in [6.07, 6.45) is 2.09. The molecule has 0 aliphatic carbocycles. The van der Waals surface area contributed by atoms with Crippen LogP contribution in [-0.2, 0) is 20.1 Å². The van der Waals surface area contributed by atoms with Crippen LogP contribution in [0.15, 0.2) is 33.8 Å². The number of anilines is 2. The average Bonchev–Trinajstić information content (AvgIpc) is 3.59. The summed E-state index contributed by atoms with van der Waals surface area (Å²) in [6, 6.07) is 8.02. The zero-order valence-electron chi connectivity index (χ0n) is 21.5. The molecule has 40 heavy (non-hydrogen) atoms. The van der Waals surface area contributed by atoms with Crippen molar-refractivity contribution in [1.29, 1.82) is 0 Å². The number of nitrogens with zero attached hydrogens (tertiary/aromatic N) is 6. The Morgan fingerprint density at radius 3 is 2.50 bits per heavy atom. The van der Waals surface area contributed by atoms with Crippen LogP contribution >= 0.6 is 45.2 Å². The molecule has 2 fully saturated rings. The first-order chi connectivity index (χ1) is 19.3. The third kappa shape index (κ3) is 6.29. The van der Waals surface area contributed by atoms with Gasteiger partial charge in [-0.2, -0.15) is 9.98 Å². The minimum atomic E-state index is -0.599. The van der Waals surface area contributed by atoms with Gasteiger partial charge in [0.2, 0.25) is 17.6 Å². The number of halogens is 2. The van der Waals surface area contributed by atoms with E-state index >= 15 is 0 Å². The van der Waals surface area contributed by atoms with Gasteiger partial charge in [0.25, 0.3) is 0 Å². The van der Waals surface area contributed by atoms with Crippen molar-refractivity contribution >= 4 is 74.6 Å². The quantitative estimate of drug-likeness (QED) is 0.204. The van der Waals surface area contributed by atoms with Gasteiger partial charge < -0.3 is 31.5 Å². The Hall–Kier alpha value is -3.09. The maximum absolute atomic E-state index is 12.9. The molecular formula is C25H28I2N10O3. The van der Waals surface area contributed by atoms with Crippen molar-refractivity contribution in [3.8, 4) is 11.4 Å². The monoisotopic (exact) mass is 770 g/mol. The molecule has 2 aliphatic heterocycles. The first-order valence-corrected chi connectivity index (χ1v) is 15.7. The zero-order chi connectivity index (χ0) is 28.3. The van der Waals surface area contributed by atoms with Gasteiger partial charge in [0, 0.05) is 46.9 Å². The molecule has 6 N–H and O–H groups in total. The topological polar surface area (TPSA) is 191 Å². The molecule has 13 nitrogen and oxygen atoms in total. The van der Waals surface area contributed by atoms with Crippen molar-refractivity contribution in [2.45, 2.75) is 40.1 Å². The van der Waals surface area contributed by atoms with E-state index in [0.29, 0.717) is 73.1 Å². The predicted molar refractivity (Wildman–Crippen MR) is 166 cm³/mol. The number of carbonyl (C=O) groups excluding carboxylic acids is 2. The van der Waals surface area contributed by atoms with Crippen LogP contribution in [-0.4, -0.2) is 68.0 Å². The number of guanidine groups is 1. The molecule has 0 unspecified atom stereocenters. The van der Waals surface area contributed by atoms with Crippen molar-refractivity contribution in [1.82, 2.24) is 35.6 Å². The summed E-state index contributed by atoms with van der Waals surface area (Å²) in [4.78, 5) is 44.3. The fourth-order valence-electron chi connectivity index (χ4n) is 4.64. The van der Waals surface area contributed by atoms with Crippen LogP contribution in [0.3, 0.4) is 0 Å². The van der Waals surface area contributed by atoms with Crippen LogP contribution in [0.4, 0.5) is 11.6 Å². The number of benzene rings is 1. The fraction of sp³-hybridized carbons (Fsp3) is 0.400. The summed E-state index contributed by atoms with van der Waals surface area (Å²) >= 11 is 4.41. The number of hydrogen-bond donors (Lipinski definition) is 4. The number of nitrogen functional groups attached to an aromatic ring is 2. The van der Waals surface area contributed by atoms with Gasteiger partial charge in [-0.05, 0) is 18.4 Å². The van der Waals surface area contributed by atoms with Crippen LogP contribution in [0.5, 0.6) is 0 Å². The van der Waals surface area contributed by atoms with E-state index in [0.717, 1.165) is 9.99 Å². The molecule has 210 valence electrons. The Bertz CT molecular complexity index is 1440. The summed E-state index contributed by atoms with van der Waals surface area (Å²) in [6.45, 7) is 1.76. The highest BCUT2D eigenvalue weighted by Gasteiger charge is 2.40. The Balaban J connectivity index is 1.12. The number of alkyl halides is 2. The Labute approximate surface area is 257 Å². The SMILES string of the molecule is Nc1nc(N)c(C(=O)/N=C2\NCC3(CCN(C(=O)CCc4nc(-c5ccc(CI)cc5)no4)CC3)N2)nc1CI. The van der Waals surface area contributed by atoms with Gasteiger partial charge in [-0.1, -0.05) is 74.6 Å². The van der Waals surface area contributed by atoms with E-state index in [4.69, 9.17) is 16.0 Å². The second-order valence-electron chi connectivity index (χ2n) is 9.67. The maximum atomic E-state index is 12.9. The number of hydrogen-bond acceptors (Lipinski definition) is 9. The Morgan fingerprint density at radius 1 is 1.05 bits per heavy atom. The van der Waals surface area contributed by atoms with E-state index in [1.165, 1.54) is 5.56 Å². The van der Waals surface area contributed by atoms with Crippen LogP contribution in [0.25, 0.3) is 11.4 Å². The second-order valence-corrected chi connectivity index (χ2v) is 11.2. The maximum Gasteiger partial charge on any atom is 0.302 e. The number of rotatable bonds is 7. The molecule has 3 aromatic rings. The summed E-state index contributed by atoms with van der Waals surface area (Å²) in [5.74, 6) is 0.913. The smallest absolute Gasteiger partial charge is 0.302 e. The number of nitrogens with one attached hydrogen (secondary N) is 2. The molecular weight excluding hydrogens is 742 g/mol. The third-order valence-corrected chi connectivity index (χ3v) is 8.61. The number of piperidine rings is 1. The summed E-state index contributed by atoms with van der Waals surface area (Å²) in [5, 5.41) is 10.6. The lowest BCUT2D eigenvalue weighted by Gasteiger charge is -2.38. The summed E-state index contributed by atoms with van der Waals surface area (Å²) < 4.78 is 6.80. The number of aliphatic imine (C=N–C) groups is 1. The molecule has 2 saturated heterocycles. The molecule has 5 rings (SSSR count). The van der Waals surface area contributed by atoms with Crippen LogP contribution < -0.4 is 22.1 Å². The van der Waals surface area contributed by atoms with Crippen molar-refractivity contribution in [3.63, 3.8) is 0 Å². The van der Waals surface area contributed by atoms with E-state index in [2.05, 4.69) is 80.9 Å². The number of carbonyl (C=O) groups is 2. The Morgan fingerprint density at radius 2 is 1.80 bits per heavy atom. The van der Waals surface area contributed by atoms with E-state index in [1.54, 1.807) is 0 Å².